The van der Waals surface area contributed by atoms with E-state index < -0.39 is 17.8 Å². The molecular weight excluding hydrogens is 249 g/mol. The Morgan fingerprint density at radius 3 is 2.56 bits per heavy atom. The lowest BCUT2D eigenvalue weighted by atomic mass is 10.2. The van der Waals surface area contributed by atoms with E-state index in [0.29, 0.717) is 5.71 Å². The fraction of sp³-hybridized carbons (Fsp3) is 0.273. The van der Waals surface area contributed by atoms with Gasteiger partial charge in [0.25, 0.3) is 0 Å². The molecule has 0 saturated heterocycles. The van der Waals surface area contributed by atoms with Gasteiger partial charge in [0, 0.05) is 5.69 Å². The van der Waals surface area contributed by atoms with Crippen LogP contribution in [0.15, 0.2) is 29.4 Å². The van der Waals surface area contributed by atoms with Crippen LogP contribution in [0.5, 0.6) is 0 Å². The van der Waals surface area contributed by atoms with Gasteiger partial charge in [-0.05, 0) is 32.0 Å². The van der Waals surface area contributed by atoms with Crippen LogP contribution in [-0.4, -0.2) is 11.8 Å². The third-order valence-electron chi connectivity index (χ3n) is 1.75. The standard InChI is InChI=1S/C11H11F3N2O2/c1-7(2)16-18-10(17)15-9-5-3-4-8(6-9)11(12,13)14/h3-6H,1-2H3,(H,15,17). The van der Waals surface area contributed by atoms with E-state index in [-0.39, 0.29) is 5.69 Å². The second-order valence-corrected chi connectivity index (χ2v) is 3.62. The molecule has 0 aliphatic carbocycles. The van der Waals surface area contributed by atoms with Crippen LogP contribution in [0.3, 0.4) is 0 Å². The third kappa shape index (κ3) is 4.44. The van der Waals surface area contributed by atoms with Crippen molar-refractivity contribution in [2.75, 3.05) is 5.32 Å². The average molecular weight is 260 g/mol. The molecule has 18 heavy (non-hydrogen) atoms. The van der Waals surface area contributed by atoms with Crippen LogP contribution in [-0.2, 0) is 11.0 Å². The maximum Gasteiger partial charge on any atom is 0.437 e. The molecule has 0 heterocycles. The lowest BCUT2D eigenvalue weighted by molar-refractivity contribution is -0.137. The minimum atomic E-state index is -4.46. The van der Waals surface area contributed by atoms with E-state index in [4.69, 9.17) is 0 Å². The van der Waals surface area contributed by atoms with E-state index in [2.05, 4.69) is 15.3 Å². The van der Waals surface area contributed by atoms with Gasteiger partial charge in [-0.2, -0.15) is 13.2 Å². The van der Waals surface area contributed by atoms with E-state index in [9.17, 15) is 18.0 Å². The Morgan fingerprint density at radius 2 is 2.00 bits per heavy atom. The smallest absolute Gasteiger partial charge is 0.298 e. The van der Waals surface area contributed by atoms with Crippen molar-refractivity contribution in [3.05, 3.63) is 29.8 Å². The number of halogens is 3. The molecule has 0 spiro atoms. The first-order valence-corrected chi connectivity index (χ1v) is 4.95. The van der Waals surface area contributed by atoms with Crippen LogP contribution in [0.4, 0.5) is 23.7 Å². The molecule has 1 N–H and O–H groups in total. The fourth-order valence-corrected chi connectivity index (χ4v) is 1.05. The van der Waals surface area contributed by atoms with Gasteiger partial charge in [-0.1, -0.05) is 11.2 Å². The minimum Gasteiger partial charge on any atom is -0.298 e. The van der Waals surface area contributed by atoms with Crippen LogP contribution >= 0.6 is 0 Å². The SMILES string of the molecule is CC(C)=NOC(=O)Nc1cccc(C(F)(F)F)c1. The molecular formula is C11H11F3N2O2. The predicted octanol–water partition coefficient (Wildman–Crippen LogP) is 3.65. The maximum atomic E-state index is 12.4. The molecule has 0 atom stereocenters. The second kappa shape index (κ2) is 5.52. The summed E-state index contributed by atoms with van der Waals surface area (Å²) in [5.74, 6) is 0. The van der Waals surface area contributed by atoms with Crippen molar-refractivity contribution >= 4 is 17.5 Å². The molecule has 0 fully saturated rings. The minimum absolute atomic E-state index is 0.0150. The van der Waals surface area contributed by atoms with Crippen LogP contribution in [0.25, 0.3) is 0 Å². The fourth-order valence-electron chi connectivity index (χ4n) is 1.05. The Hall–Kier alpha value is -2.05. The third-order valence-corrected chi connectivity index (χ3v) is 1.75. The number of hydrogen-bond acceptors (Lipinski definition) is 3. The van der Waals surface area contributed by atoms with Crippen molar-refractivity contribution in [1.29, 1.82) is 0 Å². The quantitative estimate of drug-likeness (QED) is 0.501. The number of carbonyl (C=O) groups is 1. The molecule has 1 aromatic carbocycles. The lowest BCUT2D eigenvalue weighted by Crippen LogP contribution is -2.12. The van der Waals surface area contributed by atoms with Crippen LogP contribution < -0.4 is 5.32 Å². The molecule has 98 valence electrons. The molecule has 0 bridgehead atoms. The Morgan fingerprint density at radius 1 is 1.33 bits per heavy atom. The maximum absolute atomic E-state index is 12.4. The second-order valence-electron chi connectivity index (χ2n) is 3.62. The number of amides is 1. The van der Waals surface area contributed by atoms with Crippen molar-refractivity contribution in [2.45, 2.75) is 20.0 Å². The predicted molar refractivity (Wildman–Crippen MR) is 60.3 cm³/mol. The van der Waals surface area contributed by atoms with Gasteiger partial charge in [-0.15, -0.1) is 0 Å². The van der Waals surface area contributed by atoms with Crippen molar-refractivity contribution in [1.82, 2.24) is 0 Å². The van der Waals surface area contributed by atoms with Crippen molar-refractivity contribution < 1.29 is 22.8 Å². The number of anilines is 1. The number of rotatable bonds is 2. The first-order chi connectivity index (χ1) is 8.29. The highest BCUT2D eigenvalue weighted by Gasteiger charge is 2.30. The molecule has 0 aromatic heterocycles. The van der Waals surface area contributed by atoms with Crippen LogP contribution in [0.1, 0.15) is 19.4 Å². The van der Waals surface area contributed by atoms with Gasteiger partial charge in [0.2, 0.25) is 0 Å². The number of nitrogens with one attached hydrogen (secondary N) is 1. The van der Waals surface area contributed by atoms with E-state index in [1.54, 1.807) is 13.8 Å². The van der Waals surface area contributed by atoms with E-state index in [0.717, 1.165) is 12.1 Å². The first kappa shape index (κ1) is 14.0. The molecule has 7 heteroatoms. The van der Waals surface area contributed by atoms with Crippen LogP contribution in [0.2, 0.25) is 0 Å². The zero-order valence-electron chi connectivity index (χ0n) is 9.71. The lowest BCUT2D eigenvalue weighted by Gasteiger charge is -2.08. The van der Waals surface area contributed by atoms with Crippen molar-refractivity contribution in [3.63, 3.8) is 0 Å². The number of benzene rings is 1. The van der Waals surface area contributed by atoms with Gasteiger partial charge in [0.05, 0.1) is 11.3 Å². The normalized spacial score (nSPS) is 10.7. The summed E-state index contributed by atoms with van der Waals surface area (Å²) >= 11 is 0. The highest BCUT2D eigenvalue weighted by atomic mass is 19.4. The van der Waals surface area contributed by atoms with E-state index in [1.807, 2.05) is 0 Å². The van der Waals surface area contributed by atoms with Gasteiger partial charge in [0.1, 0.15) is 0 Å². The average Bonchev–Trinajstić information content (AvgIpc) is 2.25. The van der Waals surface area contributed by atoms with E-state index in [1.165, 1.54) is 12.1 Å². The Bertz CT molecular complexity index is 466. The largest absolute Gasteiger partial charge is 0.437 e. The Labute approximate surface area is 101 Å². The molecule has 1 aromatic rings. The van der Waals surface area contributed by atoms with E-state index >= 15 is 0 Å². The van der Waals surface area contributed by atoms with Gasteiger partial charge >= 0.3 is 12.3 Å². The molecule has 0 saturated carbocycles. The molecule has 4 nitrogen and oxygen atoms in total. The van der Waals surface area contributed by atoms with Gasteiger partial charge in [-0.25, -0.2) is 4.79 Å². The van der Waals surface area contributed by atoms with Gasteiger partial charge in [-0.3, -0.25) is 10.2 Å². The Kier molecular flexibility index (Phi) is 4.30. The molecule has 0 radical (unpaired) electrons. The monoisotopic (exact) mass is 260 g/mol. The summed E-state index contributed by atoms with van der Waals surface area (Å²) in [5, 5.41) is 5.52. The van der Waals surface area contributed by atoms with Crippen molar-refractivity contribution in [3.8, 4) is 0 Å². The topological polar surface area (TPSA) is 50.7 Å². The molecule has 0 aliphatic heterocycles. The van der Waals surface area contributed by atoms with Crippen LogP contribution in [0, 0.1) is 0 Å². The number of nitrogens with zero attached hydrogens (tertiary/aromatic N) is 1. The number of carbonyl (C=O) groups excluding carboxylic acids is 1. The highest BCUT2D eigenvalue weighted by Crippen LogP contribution is 2.30. The zero-order valence-corrected chi connectivity index (χ0v) is 9.71. The summed E-state index contributed by atoms with van der Waals surface area (Å²) in [6.07, 6.45) is -5.41. The number of alkyl halides is 3. The summed E-state index contributed by atoms with van der Waals surface area (Å²) in [6.45, 7) is 3.22. The summed E-state index contributed by atoms with van der Waals surface area (Å²) < 4.78 is 37.2. The summed E-state index contributed by atoms with van der Waals surface area (Å²) in [6, 6.07) is 4.22. The zero-order chi connectivity index (χ0) is 13.8. The van der Waals surface area contributed by atoms with Gasteiger partial charge < -0.3 is 0 Å². The van der Waals surface area contributed by atoms with Gasteiger partial charge in [0.15, 0.2) is 0 Å². The summed E-state index contributed by atoms with van der Waals surface area (Å²) in [7, 11) is 0. The first-order valence-electron chi connectivity index (χ1n) is 4.95. The number of oxime groups is 1. The number of hydrogen-bond donors (Lipinski definition) is 1. The summed E-state index contributed by atoms with van der Waals surface area (Å²) in [4.78, 5) is 15.5. The summed E-state index contributed by atoms with van der Waals surface area (Å²) in [5.41, 5.74) is -0.358. The molecule has 0 unspecified atom stereocenters. The Balaban J connectivity index is 2.74. The molecule has 1 amide bonds. The van der Waals surface area contributed by atoms with Crippen molar-refractivity contribution in [2.24, 2.45) is 5.16 Å². The molecule has 0 aliphatic rings. The molecule has 1 rings (SSSR count). The highest BCUT2D eigenvalue weighted by molar-refractivity contribution is 5.86.